The minimum atomic E-state index is -0.897. The molecule has 0 fully saturated rings. The van der Waals surface area contributed by atoms with E-state index in [0.29, 0.717) is 12.8 Å². The first-order valence-corrected chi connectivity index (χ1v) is 5.77. The van der Waals surface area contributed by atoms with Crippen LogP contribution in [-0.4, -0.2) is 15.6 Å². The molecule has 0 aliphatic carbocycles. The van der Waals surface area contributed by atoms with E-state index in [1.54, 1.807) is 0 Å². The molecule has 0 saturated heterocycles. The van der Waals surface area contributed by atoms with Crippen molar-refractivity contribution in [3.05, 3.63) is 32.4 Å². The monoisotopic (exact) mass is 268 g/mol. The van der Waals surface area contributed by atoms with E-state index in [0.717, 1.165) is 12.1 Å². The maximum Gasteiger partial charge on any atom is 0.350 e. The Kier molecular flexibility index (Phi) is 3.01. The third-order valence-electron chi connectivity index (χ3n) is 3.10. The van der Waals surface area contributed by atoms with E-state index in [-0.39, 0.29) is 11.5 Å². The molecule has 8 heteroatoms. The molecule has 0 saturated carbocycles. The molecule has 1 aromatic rings. The van der Waals surface area contributed by atoms with Gasteiger partial charge in [-0.25, -0.2) is 0 Å². The van der Waals surface area contributed by atoms with Gasteiger partial charge in [0.2, 0.25) is 0 Å². The topological polar surface area (TPSA) is 105 Å². The van der Waals surface area contributed by atoms with Crippen LogP contribution in [-0.2, 0) is 0 Å². The molecule has 102 valence electrons. The largest absolute Gasteiger partial charge is 0.448 e. The minimum absolute atomic E-state index is 0.168. The molecule has 19 heavy (non-hydrogen) atoms. The second-order valence-electron chi connectivity index (χ2n) is 4.12. The molecule has 0 bridgehead atoms. The molecule has 0 radical (unpaired) electrons. The van der Waals surface area contributed by atoms with E-state index in [4.69, 9.17) is 9.47 Å². The molecule has 0 N–H and O–H groups in total. The Morgan fingerprint density at radius 3 is 1.63 bits per heavy atom. The molecular formula is C11H12N2O6. The zero-order valence-electron chi connectivity index (χ0n) is 10.4. The number of nitrogens with zero attached hydrogens (tertiary/aromatic N) is 2. The van der Waals surface area contributed by atoms with Crippen molar-refractivity contribution in [3.63, 3.8) is 0 Å². The van der Waals surface area contributed by atoms with E-state index < -0.39 is 27.0 Å². The highest BCUT2D eigenvalue weighted by molar-refractivity contribution is 5.63. The fourth-order valence-corrected chi connectivity index (χ4v) is 1.95. The Hall–Kier alpha value is -2.38. The highest BCUT2D eigenvalue weighted by atomic mass is 16.7. The zero-order valence-corrected chi connectivity index (χ0v) is 10.4. The molecule has 0 spiro atoms. The third-order valence-corrected chi connectivity index (χ3v) is 3.10. The Balaban J connectivity index is 2.52. The van der Waals surface area contributed by atoms with Gasteiger partial charge in [0, 0.05) is 12.8 Å². The first-order chi connectivity index (χ1) is 8.92. The van der Waals surface area contributed by atoms with Crippen molar-refractivity contribution in [3.8, 4) is 11.5 Å². The van der Waals surface area contributed by atoms with Gasteiger partial charge in [-0.05, 0) is 0 Å². The standard InChI is InChI=1S/C11H12N2O6/c1-3-11(4-2)18-9-5-7(12(14)15)8(13(16)17)6-10(9)19-11/h5-6H,3-4H2,1-2H3. The van der Waals surface area contributed by atoms with Gasteiger partial charge in [0.25, 0.3) is 5.79 Å². The summed E-state index contributed by atoms with van der Waals surface area (Å²) in [6.07, 6.45) is 1.06. The van der Waals surface area contributed by atoms with E-state index in [2.05, 4.69) is 0 Å². The number of ether oxygens (including phenoxy) is 2. The lowest BCUT2D eigenvalue weighted by molar-refractivity contribution is -0.422. The summed E-state index contributed by atoms with van der Waals surface area (Å²) in [5.41, 5.74) is -1.20. The summed E-state index contributed by atoms with van der Waals surface area (Å²) in [5, 5.41) is 21.7. The van der Waals surface area contributed by atoms with Crippen molar-refractivity contribution >= 4 is 11.4 Å². The average Bonchev–Trinajstić information content (AvgIpc) is 2.75. The number of rotatable bonds is 4. The molecule has 1 aliphatic rings. The summed E-state index contributed by atoms with van der Waals surface area (Å²) in [6, 6.07) is 2.08. The maximum absolute atomic E-state index is 10.8. The van der Waals surface area contributed by atoms with Crippen molar-refractivity contribution in [2.24, 2.45) is 0 Å². The Morgan fingerprint density at radius 1 is 1.00 bits per heavy atom. The van der Waals surface area contributed by atoms with Crippen LogP contribution in [0.1, 0.15) is 26.7 Å². The number of nitro groups is 2. The van der Waals surface area contributed by atoms with Gasteiger partial charge in [0.05, 0.1) is 22.0 Å². The summed E-state index contributed by atoms with van der Waals surface area (Å²) in [4.78, 5) is 20.1. The average molecular weight is 268 g/mol. The van der Waals surface area contributed by atoms with E-state index >= 15 is 0 Å². The lowest BCUT2D eigenvalue weighted by Crippen LogP contribution is -2.36. The fourth-order valence-electron chi connectivity index (χ4n) is 1.95. The normalized spacial score (nSPS) is 15.3. The first-order valence-electron chi connectivity index (χ1n) is 5.77. The predicted octanol–water partition coefficient (Wildman–Crippen LogP) is 2.79. The van der Waals surface area contributed by atoms with Gasteiger partial charge < -0.3 is 9.47 Å². The molecule has 0 aromatic heterocycles. The van der Waals surface area contributed by atoms with Crippen LogP contribution in [0.5, 0.6) is 11.5 Å². The van der Waals surface area contributed by atoms with E-state index in [1.807, 2.05) is 13.8 Å². The van der Waals surface area contributed by atoms with Crippen LogP contribution in [0.3, 0.4) is 0 Å². The predicted molar refractivity (Wildman–Crippen MR) is 64.3 cm³/mol. The second-order valence-corrected chi connectivity index (χ2v) is 4.12. The molecule has 1 heterocycles. The summed E-state index contributed by atoms with van der Waals surface area (Å²) < 4.78 is 11.1. The van der Waals surface area contributed by atoms with Gasteiger partial charge >= 0.3 is 11.4 Å². The number of hydrogen-bond acceptors (Lipinski definition) is 6. The summed E-state index contributed by atoms with van der Waals surface area (Å²) >= 11 is 0. The molecule has 0 unspecified atom stereocenters. The Labute approximate surface area is 108 Å². The molecule has 8 nitrogen and oxygen atoms in total. The fraction of sp³-hybridized carbons (Fsp3) is 0.455. The Morgan fingerprint density at radius 2 is 1.37 bits per heavy atom. The smallest absolute Gasteiger partial charge is 0.350 e. The molecule has 0 atom stereocenters. The van der Waals surface area contributed by atoms with Gasteiger partial charge in [-0.15, -0.1) is 0 Å². The van der Waals surface area contributed by atoms with Crippen molar-refractivity contribution in [2.75, 3.05) is 0 Å². The van der Waals surface area contributed by atoms with Crippen LogP contribution >= 0.6 is 0 Å². The second kappa shape index (κ2) is 4.38. The van der Waals surface area contributed by atoms with Gasteiger partial charge in [-0.1, -0.05) is 13.8 Å². The quantitative estimate of drug-likeness (QED) is 0.614. The van der Waals surface area contributed by atoms with Crippen molar-refractivity contribution in [2.45, 2.75) is 32.5 Å². The van der Waals surface area contributed by atoms with E-state index in [1.165, 1.54) is 0 Å². The zero-order chi connectivity index (χ0) is 14.2. The maximum atomic E-state index is 10.8. The van der Waals surface area contributed by atoms with Crippen LogP contribution in [0.4, 0.5) is 11.4 Å². The van der Waals surface area contributed by atoms with Crippen LogP contribution in [0.15, 0.2) is 12.1 Å². The third kappa shape index (κ3) is 2.05. The van der Waals surface area contributed by atoms with Crippen LogP contribution in [0.25, 0.3) is 0 Å². The molecule has 2 rings (SSSR count). The SMILES string of the molecule is CCC1(CC)Oc2cc([N+](=O)[O-])c([N+](=O)[O-])cc2O1. The molecule has 0 amide bonds. The number of hydrogen-bond donors (Lipinski definition) is 0. The number of fused-ring (bicyclic) bond motifs is 1. The molecule has 1 aliphatic heterocycles. The van der Waals surface area contributed by atoms with Crippen LogP contribution in [0.2, 0.25) is 0 Å². The van der Waals surface area contributed by atoms with Crippen molar-refractivity contribution in [1.29, 1.82) is 0 Å². The summed E-state index contributed by atoms with van der Waals surface area (Å²) in [7, 11) is 0. The van der Waals surface area contributed by atoms with Crippen molar-refractivity contribution in [1.82, 2.24) is 0 Å². The minimum Gasteiger partial charge on any atom is -0.448 e. The Bertz CT molecular complexity index is 507. The number of benzene rings is 1. The van der Waals surface area contributed by atoms with Crippen LogP contribution in [0, 0.1) is 20.2 Å². The van der Waals surface area contributed by atoms with Crippen molar-refractivity contribution < 1.29 is 19.3 Å². The van der Waals surface area contributed by atoms with Crippen LogP contribution < -0.4 is 9.47 Å². The lowest BCUT2D eigenvalue weighted by Gasteiger charge is -2.24. The van der Waals surface area contributed by atoms with Gasteiger partial charge in [0.1, 0.15) is 0 Å². The molecule has 1 aromatic carbocycles. The van der Waals surface area contributed by atoms with Gasteiger partial charge in [-0.2, -0.15) is 0 Å². The molecular weight excluding hydrogens is 256 g/mol. The van der Waals surface area contributed by atoms with Gasteiger partial charge in [0.15, 0.2) is 11.5 Å². The highest BCUT2D eigenvalue weighted by Gasteiger charge is 2.41. The lowest BCUT2D eigenvalue weighted by atomic mass is 10.1. The highest BCUT2D eigenvalue weighted by Crippen LogP contribution is 2.47. The summed E-state index contributed by atoms with van der Waals surface area (Å²) in [6.45, 7) is 3.69. The van der Waals surface area contributed by atoms with E-state index in [9.17, 15) is 20.2 Å². The summed E-state index contributed by atoms with van der Waals surface area (Å²) in [5.74, 6) is -0.562. The first kappa shape index (κ1) is 13.1. The van der Waals surface area contributed by atoms with Gasteiger partial charge in [-0.3, -0.25) is 20.2 Å². The number of nitro benzene ring substituents is 2.